The zero-order chi connectivity index (χ0) is 29.9. The Balaban J connectivity index is 1.24. The van der Waals surface area contributed by atoms with Gasteiger partial charge in [0.25, 0.3) is 5.91 Å². The Kier molecular flexibility index (Phi) is 9.08. The van der Waals surface area contributed by atoms with Gasteiger partial charge in [0, 0.05) is 52.0 Å². The summed E-state index contributed by atoms with van der Waals surface area (Å²) in [4.78, 5) is 24.4. The second-order valence-electron chi connectivity index (χ2n) is 12.9. The lowest BCUT2D eigenvalue weighted by atomic mass is 9.86. The number of thiazole rings is 1. The van der Waals surface area contributed by atoms with Crippen molar-refractivity contribution >= 4 is 28.1 Å². The lowest BCUT2D eigenvalue weighted by Crippen LogP contribution is -2.48. The summed E-state index contributed by atoms with van der Waals surface area (Å²) in [7, 11) is 4.05. The van der Waals surface area contributed by atoms with Crippen LogP contribution in [0.3, 0.4) is 0 Å². The lowest BCUT2D eigenvalue weighted by molar-refractivity contribution is 0.0375. The van der Waals surface area contributed by atoms with E-state index in [1.54, 1.807) is 12.3 Å². The molecule has 0 bridgehead atoms. The molecule has 3 aromatic rings. The highest BCUT2D eigenvalue weighted by Gasteiger charge is 2.41. The summed E-state index contributed by atoms with van der Waals surface area (Å²) >= 11 is 1.43. The molecule has 0 atom stereocenters. The summed E-state index contributed by atoms with van der Waals surface area (Å²) < 4.78 is 21.9. The highest BCUT2D eigenvalue weighted by atomic mass is 32.1. The van der Waals surface area contributed by atoms with Crippen molar-refractivity contribution in [1.82, 2.24) is 15.2 Å². The van der Waals surface area contributed by atoms with Crippen LogP contribution in [0.2, 0.25) is 0 Å². The first-order chi connectivity index (χ1) is 20.0. The van der Waals surface area contributed by atoms with Crippen molar-refractivity contribution in [3.05, 3.63) is 70.5 Å². The van der Waals surface area contributed by atoms with Crippen LogP contribution in [0.4, 0.5) is 15.2 Å². The first-order valence-electron chi connectivity index (χ1n) is 15.0. The molecule has 2 aromatic carbocycles. The lowest BCUT2D eigenvalue weighted by Gasteiger charge is -2.41. The molecule has 1 fully saturated rings. The van der Waals surface area contributed by atoms with Crippen LogP contribution in [0.1, 0.15) is 67.3 Å². The fourth-order valence-electron chi connectivity index (χ4n) is 5.73. The van der Waals surface area contributed by atoms with E-state index < -0.39 is 5.60 Å². The molecule has 1 N–H and O–H groups in total. The van der Waals surface area contributed by atoms with E-state index in [0.29, 0.717) is 23.7 Å². The number of fused-ring (bicyclic) bond motifs is 1. The minimum atomic E-state index is -0.442. The number of piperidine rings is 1. The van der Waals surface area contributed by atoms with E-state index in [1.165, 1.54) is 28.5 Å². The topological polar surface area (TPSA) is 60.9 Å². The third kappa shape index (κ3) is 7.06. The number of amides is 1. The van der Waals surface area contributed by atoms with Crippen LogP contribution in [0.25, 0.3) is 0 Å². The standard InChI is InChI=1S/C33H44FN5O2S/c1-32(2,3)25-12-10-24(11-13-25)23-39-21-16-33(41-29-26(34)8-6-9-27(29)39)14-19-38(20-15-33)31-36-22-28(42-31)30(40)35-17-7-18-37(4)5/h6,8-13,22H,7,14-21,23H2,1-5H3,(H,35,40). The number of ether oxygens (including phenoxy) is 1. The smallest absolute Gasteiger partial charge is 0.263 e. The number of aromatic nitrogens is 1. The summed E-state index contributed by atoms with van der Waals surface area (Å²) in [6.45, 7) is 11.2. The maximum absolute atomic E-state index is 15.2. The van der Waals surface area contributed by atoms with Crippen molar-refractivity contribution in [3.8, 4) is 5.75 Å². The molecule has 0 unspecified atom stereocenters. The average molecular weight is 594 g/mol. The maximum atomic E-state index is 15.2. The molecule has 0 aliphatic carbocycles. The SMILES string of the molecule is CN(C)CCCNC(=O)c1cnc(N2CCC3(CC2)CCN(Cc2ccc(C(C)(C)C)cc2)c2cccc(F)c2O3)s1. The number of hydrogen-bond acceptors (Lipinski definition) is 7. The summed E-state index contributed by atoms with van der Waals surface area (Å²) in [6, 6.07) is 14.0. The van der Waals surface area contributed by atoms with E-state index in [4.69, 9.17) is 4.74 Å². The van der Waals surface area contributed by atoms with Gasteiger partial charge in [0.15, 0.2) is 16.7 Å². The number of para-hydroxylation sites is 1. The highest BCUT2D eigenvalue weighted by Crippen LogP contribution is 2.43. The Morgan fingerprint density at radius 2 is 1.81 bits per heavy atom. The first kappa shape index (κ1) is 30.3. The van der Waals surface area contributed by atoms with Crippen molar-refractivity contribution < 1.29 is 13.9 Å². The molecule has 1 spiro atoms. The minimum absolute atomic E-state index is 0.0710. The number of nitrogens with zero attached hydrogens (tertiary/aromatic N) is 4. The number of carbonyl (C=O) groups excluding carboxylic acids is 1. The van der Waals surface area contributed by atoms with Gasteiger partial charge in [0.1, 0.15) is 10.5 Å². The molecule has 7 nitrogen and oxygen atoms in total. The number of nitrogens with one attached hydrogen (secondary N) is 1. The second-order valence-corrected chi connectivity index (χ2v) is 13.9. The van der Waals surface area contributed by atoms with Gasteiger partial charge in [0.05, 0.1) is 11.9 Å². The molecule has 0 radical (unpaired) electrons. The molecular weight excluding hydrogens is 549 g/mol. The Labute approximate surface area is 253 Å². The third-order valence-corrected chi connectivity index (χ3v) is 9.42. The molecule has 3 heterocycles. The Morgan fingerprint density at radius 1 is 1.10 bits per heavy atom. The van der Waals surface area contributed by atoms with Crippen LogP contribution in [-0.4, -0.2) is 68.2 Å². The summed E-state index contributed by atoms with van der Waals surface area (Å²) in [5.41, 5.74) is 2.98. The number of rotatable bonds is 8. The van der Waals surface area contributed by atoms with E-state index in [2.05, 4.69) is 70.0 Å². The molecule has 2 aliphatic heterocycles. The number of anilines is 2. The van der Waals surface area contributed by atoms with E-state index >= 15 is 4.39 Å². The van der Waals surface area contributed by atoms with Crippen LogP contribution >= 0.6 is 11.3 Å². The van der Waals surface area contributed by atoms with Crippen LogP contribution < -0.4 is 19.9 Å². The van der Waals surface area contributed by atoms with Crippen LogP contribution in [-0.2, 0) is 12.0 Å². The molecule has 5 rings (SSSR count). The van der Waals surface area contributed by atoms with Crippen LogP contribution in [0.5, 0.6) is 5.75 Å². The van der Waals surface area contributed by atoms with Gasteiger partial charge in [-0.05, 0) is 55.7 Å². The van der Waals surface area contributed by atoms with Crippen LogP contribution in [0.15, 0.2) is 48.7 Å². The van der Waals surface area contributed by atoms with Gasteiger partial charge in [-0.15, -0.1) is 0 Å². The zero-order valence-corrected chi connectivity index (χ0v) is 26.4. The number of benzene rings is 2. The minimum Gasteiger partial charge on any atom is -0.482 e. The Morgan fingerprint density at radius 3 is 2.50 bits per heavy atom. The predicted octanol–water partition coefficient (Wildman–Crippen LogP) is 6.09. The van der Waals surface area contributed by atoms with Gasteiger partial charge >= 0.3 is 0 Å². The van der Waals surface area contributed by atoms with Gasteiger partial charge in [-0.3, -0.25) is 4.79 Å². The number of carbonyl (C=O) groups is 1. The fraction of sp³-hybridized carbons (Fsp3) is 0.515. The molecule has 1 aromatic heterocycles. The molecule has 2 aliphatic rings. The van der Waals surface area contributed by atoms with Gasteiger partial charge in [0.2, 0.25) is 0 Å². The van der Waals surface area contributed by atoms with Gasteiger partial charge in [-0.1, -0.05) is 62.4 Å². The van der Waals surface area contributed by atoms with Gasteiger partial charge < -0.3 is 24.8 Å². The number of hydrogen-bond donors (Lipinski definition) is 1. The van der Waals surface area contributed by atoms with E-state index in [0.717, 1.165) is 62.7 Å². The van der Waals surface area contributed by atoms with E-state index in [-0.39, 0.29) is 17.1 Å². The molecule has 1 saturated heterocycles. The predicted molar refractivity (Wildman–Crippen MR) is 170 cm³/mol. The molecule has 0 saturated carbocycles. The summed E-state index contributed by atoms with van der Waals surface area (Å²) in [5, 5.41) is 3.85. The number of halogens is 1. The Hall–Kier alpha value is -3.17. The molecule has 9 heteroatoms. The van der Waals surface area contributed by atoms with Crippen molar-refractivity contribution in [2.45, 2.75) is 64.0 Å². The first-order valence-corrected chi connectivity index (χ1v) is 15.8. The normalized spacial score (nSPS) is 16.7. The summed E-state index contributed by atoms with van der Waals surface area (Å²) in [5.74, 6) is -0.0269. The monoisotopic (exact) mass is 593 g/mol. The molecule has 226 valence electrons. The summed E-state index contributed by atoms with van der Waals surface area (Å²) in [6.07, 6.45) is 4.92. The van der Waals surface area contributed by atoms with Crippen molar-refractivity contribution in [1.29, 1.82) is 0 Å². The van der Waals surface area contributed by atoms with E-state index in [9.17, 15) is 4.79 Å². The maximum Gasteiger partial charge on any atom is 0.263 e. The third-order valence-electron chi connectivity index (χ3n) is 8.37. The van der Waals surface area contributed by atoms with Gasteiger partial charge in [-0.25, -0.2) is 9.37 Å². The van der Waals surface area contributed by atoms with Crippen molar-refractivity contribution in [2.75, 3.05) is 56.6 Å². The zero-order valence-electron chi connectivity index (χ0n) is 25.6. The largest absolute Gasteiger partial charge is 0.482 e. The Bertz CT molecular complexity index is 1360. The quantitative estimate of drug-likeness (QED) is 0.319. The average Bonchev–Trinajstić information content (AvgIpc) is 3.40. The molecule has 42 heavy (non-hydrogen) atoms. The second kappa shape index (κ2) is 12.6. The highest BCUT2D eigenvalue weighted by molar-refractivity contribution is 7.17. The fourth-order valence-corrected chi connectivity index (χ4v) is 6.61. The van der Waals surface area contributed by atoms with Crippen molar-refractivity contribution in [2.24, 2.45) is 0 Å². The van der Waals surface area contributed by atoms with E-state index in [1.807, 2.05) is 20.2 Å². The van der Waals surface area contributed by atoms with Crippen LogP contribution in [0, 0.1) is 5.82 Å². The molecular formula is C33H44FN5O2S. The van der Waals surface area contributed by atoms with Crippen molar-refractivity contribution in [3.63, 3.8) is 0 Å². The van der Waals surface area contributed by atoms with Gasteiger partial charge in [-0.2, -0.15) is 0 Å². The molecule has 1 amide bonds.